The minimum absolute atomic E-state index is 0.0228. The second kappa shape index (κ2) is 25.5. The van der Waals surface area contributed by atoms with Gasteiger partial charge in [0, 0.05) is 38.0 Å². The summed E-state index contributed by atoms with van der Waals surface area (Å²) in [7, 11) is 1.69. The molecule has 0 bridgehead atoms. The summed E-state index contributed by atoms with van der Waals surface area (Å²) in [5, 5.41) is 1.98. The Morgan fingerprint density at radius 3 is 1.17 bits per heavy atom. The fourth-order valence-corrected chi connectivity index (χ4v) is 7.90. The van der Waals surface area contributed by atoms with Crippen LogP contribution in [0.3, 0.4) is 0 Å². The van der Waals surface area contributed by atoms with E-state index in [0.29, 0.717) is 34.2 Å². The number of rotatable bonds is 28. The topological polar surface area (TPSA) is 109 Å². The second-order valence-electron chi connectivity index (χ2n) is 15.9. The van der Waals surface area contributed by atoms with Gasteiger partial charge in [-0.05, 0) is 12.8 Å². The van der Waals surface area contributed by atoms with Crippen LogP contribution in [0.2, 0.25) is 0 Å². The maximum atomic E-state index is 15.2. The Morgan fingerprint density at radius 2 is 0.818 bits per heavy atom. The van der Waals surface area contributed by atoms with Crippen LogP contribution in [0.4, 0.5) is 39.5 Å². The van der Waals surface area contributed by atoms with Gasteiger partial charge in [0.1, 0.15) is 18.8 Å². The molecule has 3 aromatic rings. The number of alkyl halides is 9. The molecule has 18 heteroatoms. The van der Waals surface area contributed by atoms with Crippen LogP contribution in [0.1, 0.15) is 114 Å². The molecule has 0 unspecified atom stereocenters. The molecular formula is C48H60F9NO8. The zero-order chi connectivity index (χ0) is 49.1. The van der Waals surface area contributed by atoms with E-state index in [2.05, 4.69) is 6.92 Å². The highest BCUT2D eigenvalue weighted by molar-refractivity contribution is 5.88. The minimum atomic E-state index is -5.56. The van der Waals surface area contributed by atoms with E-state index in [4.69, 9.17) is 23.7 Å². The van der Waals surface area contributed by atoms with Gasteiger partial charge in [-0.25, -0.2) is 9.59 Å². The summed E-state index contributed by atoms with van der Waals surface area (Å²) in [5.41, 5.74) is -13.8. The van der Waals surface area contributed by atoms with Crippen molar-refractivity contribution in [2.45, 2.75) is 144 Å². The number of ether oxygens (including phenoxy) is 5. The molecule has 0 radical (unpaired) electrons. The third-order valence-corrected chi connectivity index (χ3v) is 11.6. The summed E-state index contributed by atoms with van der Waals surface area (Å²) in [6.45, 7) is 0.668. The molecule has 5 atom stereocenters. The SMILES string of the molecule is CCCCCCCCCCCCCCC[C@H](OC(=O)[C@](OC)(c1ccccc1)C(F)(F)F)[C@H](COC(=O)[C@](OC)(c1ccccc1)C(F)(F)F)NC(=O)[C@](OC)(c1ccccc1)C(F)(F)F. The molecule has 0 aromatic heterocycles. The number of unbranched alkanes of at least 4 members (excludes halogenated alkanes) is 12. The predicted octanol–water partition coefficient (Wildman–Crippen LogP) is 11.7. The average Bonchev–Trinajstić information content (AvgIpc) is 3.27. The quantitative estimate of drug-likeness (QED) is 0.0435. The van der Waals surface area contributed by atoms with E-state index in [1.54, 1.807) is 0 Å². The first kappa shape index (κ1) is 55.6. The highest BCUT2D eigenvalue weighted by Gasteiger charge is 2.67. The normalized spacial score (nSPS) is 16.0. The van der Waals surface area contributed by atoms with Gasteiger partial charge in [-0.2, -0.15) is 39.5 Å². The van der Waals surface area contributed by atoms with Gasteiger partial charge < -0.3 is 29.0 Å². The van der Waals surface area contributed by atoms with Crippen molar-refractivity contribution in [3.05, 3.63) is 108 Å². The van der Waals surface area contributed by atoms with Crippen molar-refractivity contribution in [3.8, 4) is 0 Å². The third-order valence-electron chi connectivity index (χ3n) is 11.6. The van der Waals surface area contributed by atoms with Crippen molar-refractivity contribution in [1.29, 1.82) is 0 Å². The molecule has 1 amide bonds. The van der Waals surface area contributed by atoms with E-state index in [1.165, 1.54) is 43.2 Å². The molecule has 0 aliphatic rings. The Kier molecular flexibility index (Phi) is 21.5. The predicted molar refractivity (Wildman–Crippen MR) is 227 cm³/mol. The molecule has 0 aliphatic heterocycles. The first-order valence-corrected chi connectivity index (χ1v) is 22.0. The van der Waals surface area contributed by atoms with Crippen molar-refractivity contribution in [3.63, 3.8) is 0 Å². The number of halogens is 9. The summed E-state index contributed by atoms with van der Waals surface area (Å²) in [4.78, 5) is 42.1. The Hall–Kier alpha value is -4.68. The molecule has 368 valence electrons. The lowest BCUT2D eigenvalue weighted by molar-refractivity contribution is -0.280. The number of esters is 2. The summed E-state index contributed by atoms with van der Waals surface area (Å²) in [6.07, 6.45) is -7.78. The molecule has 9 nitrogen and oxygen atoms in total. The van der Waals surface area contributed by atoms with Crippen LogP contribution in [-0.2, 0) is 54.9 Å². The third kappa shape index (κ3) is 13.3. The Labute approximate surface area is 380 Å². The zero-order valence-corrected chi connectivity index (χ0v) is 37.6. The standard InChI is InChI=1S/C48H60F9NO8/c1-5-6-7-8-9-10-11-12-13-14-15-16-26-33-39(66-42(61)45(64-4,48(55,56)57)37-31-24-19-25-32-37)38(58-40(59)43(62-2,46(49,50)51)35-27-20-17-21-28-35)34-65-41(60)44(63-3,47(52,53)54)36-29-22-18-23-30-36/h17-25,27-32,38-39H,5-16,26,33-34H2,1-4H3,(H,58,59)/t38-,39-,43+,44+,45+/m0/s1. The van der Waals surface area contributed by atoms with Crippen LogP contribution < -0.4 is 5.32 Å². The number of nitrogens with one attached hydrogen (secondary N) is 1. The monoisotopic (exact) mass is 949 g/mol. The molecule has 0 fully saturated rings. The van der Waals surface area contributed by atoms with Crippen LogP contribution in [0.25, 0.3) is 0 Å². The van der Waals surface area contributed by atoms with Gasteiger partial charge in [-0.15, -0.1) is 0 Å². The number of carbonyl (C=O) groups is 3. The van der Waals surface area contributed by atoms with Gasteiger partial charge in [0.2, 0.25) is 0 Å². The molecule has 1 N–H and O–H groups in total. The molecule has 3 aromatic carbocycles. The van der Waals surface area contributed by atoms with Crippen molar-refractivity contribution < 1.29 is 77.6 Å². The molecule has 0 spiro atoms. The van der Waals surface area contributed by atoms with Crippen molar-refractivity contribution in [2.75, 3.05) is 27.9 Å². The Bertz CT molecular complexity index is 1900. The first-order chi connectivity index (χ1) is 31.2. The number of benzene rings is 3. The van der Waals surface area contributed by atoms with E-state index in [9.17, 15) is 27.6 Å². The van der Waals surface area contributed by atoms with E-state index >= 15 is 26.3 Å². The molecule has 0 heterocycles. The van der Waals surface area contributed by atoms with Gasteiger partial charge in [-0.1, -0.05) is 175 Å². The molecule has 66 heavy (non-hydrogen) atoms. The highest BCUT2D eigenvalue weighted by atomic mass is 19.4. The minimum Gasteiger partial charge on any atom is -0.461 e. The zero-order valence-electron chi connectivity index (χ0n) is 37.6. The summed E-state index contributed by atoms with van der Waals surface area (Å²) in [5.74, 6) is -6.31. The van der Waals surface area contributed by atoms with Gasteiger partial charge in [0.25, 0.3) is 22.7 Å². The lowest BCUT2D eigenvalue weighted by atomic mass is 9.90. The molecule has 0 saturated carbocycles. The Morgan fingerprint density at radius 1 is 0.485 bits per heavy atom. The highest BCUT2D eigenvalue weighted by Crippen LogP contribution is 2.46. The molecule has 0 saturated heterocycles. The van der Waals surface area contributed by atoms with Crippen molar-refractivity contribution in [2.24, 2.45) is 0 Å². The van der Waals surface area contributed by atoms with Gasteiger partial charge in [0.05, 0.1) is 0 Å². The molecule has 3 rings (SSSR count). The van der Waals surface area contributed by atoms with Crippen LogP contribution >= 0.6 is 0 Å². The van der Waals surface area contributed by atoms with Gasteiger partial charge in [0.15, 0.2) is 0 Å². The Balaban J connectivity index is 2.11. The second-order valence-corrected chi connectivity index (χ2v) is 15.9. The van der Waals surface area contributed by atoms with Gasteiger partial charge in [-0.3, -0.25) is 4.79 Å². The largest absolute Gasteiger partial charge is 0.461 e. The average molecular weight is 950 g/mol. The maximum Gasteiger partial charge on any atom is 0.432 e. The fourth-order valence-electron chi connectivity index (χ4n) is 7.90. The summed E-state index contributed by atoms with van der Waals surface area (Å²) < 4.78 is 161. The van der Waals surface area contributed by atoms with Crippen LogP contribution in [0.5, 0.6) is 0 Å². The van der Waals surface area contributed by atoms with Crippen molar-refractivity contribution in [1.82, 2.24) is 5.32 Å². The van der Waals surface area contributed by atoms with Crippen LogP contribution in [0.15, 0.2) is 91.0 Å². The number of amides is 1. The van der Waals surface area contributed by atoms with Crippen LogP contribution in [-0.4, -0.2) is 76.5 Å². The number of methoxy groups -OCH3 is 3. The maximum absolute atomic E-state index is 15.2. The van der Waals surface area contributed by atoms with Crippen LogP contribution in [0, 0.1) is 0 Å². The number of hydrogen-bond donors (Lipinski definition) is 1. The first-order valence-electron chi connectivity index (χ1n) is 22.0. The lowest BCUT2D eigenvalue weighted by Gasteiger charge is -2.38. The van der Waals surface area contributed by atoms with E-state index in [-0.39, 0.29) is 6.42 Å². The molecule has 0 aliphatic carbocycles. The summed E-state index contributed by atoms with van der Waals surface area (Å²) >= 11 is 0. The fraction of sp³-hybridized carbons (Fsp3) is 0.562. The number of carbonyl (C=O) groups excluding carboxylic acids is 3. The smallest absolute Gasteiger partial charge is 0.432 e. The van der Waals surface area contributed by atoms with E-state index < -0.39 is 95.0 Å². The van der Waals surface area contributed by atoms with E-state index in [0.717, 1.165) is 112 Å². The van der Waals surface area contributed by atoms with Crippen molar-refractivity contribution >= 4 is 17.8 Å². The van der Waals surface area contributed by atoms with E-state index in [1.807, 2.05) is 5.32 Å². The lowest BCUT2D eigenvalue weighted by Crippen LogP contribution is -2.61. The molecular weight excluding hydrogens is 890 g/mol. The summed E-state index contributed by atoms with van der Waals surface area (Å²) in [6, 6.07) is 14.3. The number of hydrogen-bond acceptors (Lipinski definition) is 8. The van der Waals surface area contributed by atoms with Gasteiger partial charge >= 0.3 is 30.5 Å².